The summed E-state index contributed by atoms with van der Waals surface area (Å²) >= 11 is 0. The number of nitrogens with one attached hydrogen (secondary N) is 2. The van der Waals surface area contributed by atoms with Gasteiger partial charge >= 0.3 is 0 Å². The number of unbranched alkanes of at least 4 members (excludes halogenated alkanes) is 5. The van der Waals surface area contributed by atoms with Gasteiger partial charge in [-0.3, -0.25) is 14.8 Å². The number of carbonyl (C=O) groups is 2. The fourth-order valence-corrected chi connectivity index (χ4v) is 2.08. The molecule has 0 aliphatic heterocycles. The first-order chi connectivity index (χ1) is 10.6. The molecule has 6 heteroatoms. The maximum atomic E-state index is 11.7. The highest BCUT2D eigenvalue weighted by molar-refractivity contribution is 5.83. The van der Waals surface area contributed by atoms with Gasteiger partial charge in [0.2, 0.25) is 11.8 Å². The highest BCUT2D eigenvalue weighted by atomic mass is 16.5. The summed E-state index contributed by atoms with van der Waals surface area (Å²) in [6, 6.07) is 0. The second-order valence-electron chi connectivity index (χ2n) is 5.59. The number of hydroxylamine groups is 2. The third kappa shape index (κ3) is 12.6. The van der Waals surface area contributed by atoms with Crippen molar-refractivity contribution in [2.45, 2.75) is 64.7 Å². The lowest BCUT2D eigenvalue weighted by Crippen LogP contribution is -2.31. The topological polar surface area (TPSA) is 81.7 Å². The number of rotatable bonds is 14. The van der Waals surface area contributed by atoms with E-state index in [1.54, 1.807) is 0 Å². The first-order valence-electron chi connectivity index (χ1n) is 8.52. The molecule has 130 valence electrons. The van der Waals surface area contributed by atoms with E-state index in [2.05, 4.69) is 17.6 Å². The van der Waals surface area contributed by atoms with E-state index >= 15 is 0 Å². The van der Waals surface area contributed by atoms with Crippen LogP contribution < -0.4 is 10.6 Å². The Bertz CT molecular complexity index is 298. The number of hydrogen-bond acceptors (Lipinski definition) is 4. The van der Waals surface area contributed by atoms with Crippen molar-refractivity contribution >= 4 is 11.8 Å². The normalized spacial score (nSPS) is 10.5. The molecule has 0 unspecified atom stereocenters. The van der Waals surface area contributed by atoms with Crippen LogP contribution in [0.15, 0.2) is 0 Å². The molecule has 0 radical (unpaired) electrons. The van der Waals surface area contributed by atoms with Gasteiger partial charge in [-0.05, 0) is 32.9 Å². The summed E-state index contributed by atoms with van der Waals surface area (Å²) in [5, 5.41) is 16.2. The number of amides is 2. The lowest BCUT2D eigenvalue weighted by atomic mass is 10.2. The minimum atomic E-state index is -0.380. The minimum Gasteiger partial charge on any atom is -0.356 e. The van der Waals surface area contributed by atoms with Crippen LogP contribution in [0.25, 0.3) is 0 Å². The molecule has 6 nitrogen and oxygen atoms in total. The average molecular weight is 315 g/mol. The number of nitrogens with zero attached hydrogens (tertiary/aromatic N) is 1. The molecular formula is C16H33N3O3. The van der Waals surface area contributed by atoms with Crippen LogP contribution in [0.4, 0.5) is 0 Å². The molecule has 0 bridgehead atoms. The second-order valence-corrected chi connectivity index (χ2v) is 5.59. The fraction of sp³-hybridized carbons (Fsp3) is 0.875. The number of hydrogen-bond donors (Lipinski definition) is 3. The molecule has 0 saturated heterocycles. The molecule has 0 aromatic rings. The summed E-state index contributed by atoms with van der Waals surface area (Å²) in [6.45, 7) is 4.09. The maximum absolute atomic E-state index is 11.7. The van der Waals surface area contributed by atoms with Gasteiger partial charge in [0.05, 0.1) is 0 Å². The zero-order valence-electron chi connectivity index (χ0n) is 14.2. The predicted octanol–water partition coefficient (Wildman–Crippen LogP) is 2.07. The van der Waals surface area contributed by atoms with E-state index in [1.807, 2.05) is 7.05 Å². The van der Waals surface area contributed by atoms with Crippen molar-refractivity contribution < 1.29 is 14.8 Å². The highest BCUT2D eigenvalue weighted by Gasteiger charge is 2.12. The van der Waals surface area contributed by atoms with Gasteiger partial charge in [-0.2, -0.15) is 0 Å². The summed E-state index contributed by atoms with van der Waals surface area (Å²) in [5.41, 5.74) is 0. The van der Waals surface area contributed by atoms with Crippen LogP contribution in [0.5, 0.6) is 0 Å². The molecule has 0 aliphatic rings. The monoisotopic (exact) mass is 315 g/mol. The summed E-state index contributed by atoms with van der Waals surface area (Å²) in [7, 11) is 1.90. The largest absolute Gasteiger partial charge is 0.356 e. The Kier molecular flexibility index (Phi) is 14.0. The zero-order valence-corrected chi connectivity index (χ0v) is 14.2. The molecule has 0 aromatic heterocycles. The Hall–Kier alpha value is -1.14. The Morgan fingerprint density at radius 3 is 2.32 bits per heavy atom. The standard InChI is InChI=1S/C16H33N3O3/c1-3-4-5-8-13-18-15(20)10-11-16(21)19(22)14-9-6-7-12-17-2/h17,22H,3-14H2,1-2H3,(H,18,20). The van der Waals surface area contributed by atoms with Crippen LogP contribution in [0, 0.1) is 0 Å². The SMILES string of the molecule is CCCCCCNC(=O)CCC(=O)N(O)CCCCCNC. The third-order valence-electron chi connectivity index (χ3n) is 3.50. The zero-order chi connectivity index (χ0) is 16.6. The van der Waals surface area contributed by atoms with Crippen LogP contribution in [-0.2, 0) is 9.59 Å². The fourth-order valence-electron chi connectivity index (χ4n) is 2.08. The van der Waals surface area contributed by atoms with Crippen molar-refractivity contribution in [3.8, 4) is 0 Å². The van der Waals surface area contributed by atoms with Crippen LogP contribution >= 0.6 is 0 Å². The first kappa shape index (κ1) is 20.9. The van der Waals surface area contributed by atoms with Gasteiger partial charge in [-0.15, -0.1) is 0 Å². The van der Waals surface area contributed by atoms with E-state index in [4.69, 9.17) is 0 Å². The van der Waals surface area contributed by atoms with Gasteiger partial charge in [0, 0.05) is 25.9 Å². The average Bonchev–Trinajstić information content (AvgIpc) is 2.52. The van der Waals surface area contributed by atoms with E-state index in [0.717, 1.165) is 43.7 Å². The van der Waals surface area contributed by atoms with Crippen LogP contribution in [0.2, 0.25) is 0 Å². The van der Waals surface area contributed by atoms with Crippen LogP contribution in [0.1, 0.15) is 64.7 Å². The highest BCUT2D eigenvalue weighted by Crippen LogP contribution is 2.01. The third-order valence-corrected chi connectivity index (χ3v) is 3.50. The summed E-state index contributed by atoms with van der Waals surface area (Å²) in [6.07, 6.45) is 7.42. The van der Waals surface area contributed by atoms with E-state index < -0.39 is 0 Å². The summed E-state index contributed by atoms with van der Waals surface area (Å²) in [4.78, 5) is 23.2. The van der Waals surface area contributed by atoms with Crippen LogP contribution in [0.3, 0.4) is 0 Å². The molecule has 2 amide bonds. The van der Waals surface area contributed by atoms with Crippen molar-refractivity contribution in [3.05, 3.63) is 0 Å². The Labute approximate surface area is 134 Å². The molecule has 0 spiro atoms. The molecular weight excluding hydrogens is 282 g/mol. The van der Waals surface area contributed by atoms with Crippen molar-refractivity contribution in [2.24, 2.45) is 0 Å². The molecule has 3 N–H and O–H groups in total. The summed E-state index contributed by atoms with van der Waals surface area (Å²) < 4.78 is 0. The molecule has 0 rings (SSSR count). The molecule has 0 aromatic carbocycles. The van der Waals surface area contributed by atoms with Crippen molar-refractivity contribution in [1.29, 1.82) is 0 Å². The molecule has 0 aliphatic carbocycles. The lowest BCUT2D eigenvalue weighted by Gasteiger charge is -2.14. The van der Waals surface area contributed by atoms with E-state index in [-0.39, 0.29) is 24.7 Å². The molecule has 0 fully saturated rings. The van der Waals surface area contributed by atoms with Crippen LogP contribution in [-0.4, -0.2) is 48.8 Å². The smallest absolute Gasteiger partial charge is 0.246 e. The molecule has 0 saturated carbocycles. The first-order valence-corrected chi connectivity index (χ1v) is 8.52. The molecule has 22 heavy (non-hydrogen) atoms. The Morgan fingerprint density at radius 1 is 0.955 bits per heavy atom. The van der Waals surface area contributed by atoms with Crippen molar-refractivity contribution in [3.63, 3.8) is 0 Å². The Morgan fingerprint density at radius 2 is 1.64 bits per heavy atom. The van der Waals surface area contributed by atoms with Crippen molar-refractivity contribution in [1.82, 2.24) is 15.7 Å². The number of carbonyl (C=O) groups excluding carboxylic acids is 2. The van der Waals surface area contributed by atoms with Gasteiger partial charge in [-0.1, -0.05) is 32.6 Å². The van der Waals surface area contributed by atoms with Crippen molar-refractivity contribution in [2.75, 3.05) is 26.7 Å². The van der Waals surface area contributed by atoms with E-state index in [1.165, 1.54) is 12.8 Å². The molecule has 0 atom stereocenters. The molecule has 0 heterocycles. The van der Waals surface area contributed by atoms with E-state index in [0.29, 0.717) is 13.1 Å². The summed E-state index contributed by atoms with van der Waals surface area (Å²) in [5.74, 6) is -0.498. The van der Waals surface area contributed by atoms with Gasteiger partial charge in [0.15, 0.2) is 0 Å². The van der Waals surface area contributed by atoms with E-state index in [9.17, 15) is 14.8 Å². The maximum Gasteiger partial charge on any atom is 0.246 e. The quantitative estimate of drug-likeness (QED) is 0.260. The second kappa shape index (κ2) is 14.8. The van der Waals surface area contributed by atoms with Gasteiger partial charge in [0.25, 0.3) is 0 Å². The minimum absolute atomic E-state index is 0.0633. The van der Waals surface area contributed by atoms with Gasteiger partial charge < -0.3 is 10.6 Å². The Balaban J connectivity index is 3.58. The lowest BCUT2D eigenvalue weighted by molar-refractivity contribution is -0.166. The predicted molar refractivity (Wildman–Crippen MR) is 87.7 cm³/mol. The van der Waals surface area contributed by atoms with Gasteiger partial charge in [0.1, 0.15) is 0 Å². The van der Waals surface area contributed by atoms with Gasteiger partial charge in [-0.25, -0.2) is 5.06 Å².